The van der Waals surface area contributed by atoms with Crippen LogP contribution < -0.4 is 15.8 Å². The zero-order valence-electron chi connectivity index (χ0n) is 19.2. The van der Waals surface area contributed by atoms with Gasteiger partial charge in [-0.1, -0.05) is 42.5 Å². The highest BCUT2D eigenvalue weighted by molar-refractivity contribution is 6.06. The highest BCUT2D eigenvalue weighted by Gasteiger charge is 2.32. The van der Waals surface area contributed by atoms with E-state index in [9.17, 15) is 14.4 Å². The average molecular weight is 457 g/mol. The van der Waals surface area contributed by atoms with Gasteiger partial charge in [-0.25, -0.2) is 4.68 Å². The second-order valence-electron chi connectivity index (χ2n) is 9.10. The highest BCUT2D eigenvalue weighted by atomic mass is 16.2. The van der Waals surface area contributed by atoms with Crippen LogP contribution in [0.4, 0.5) is 5.69 Å². The summed E-state index contributed by atoms with van der Waals surface area (Å²) in [5.41, 5.74) is 4.32. The first kappa shape index (κ1) is 22.1. The summed E-state index contributed by atoms with van der Waals surface area (Å²) >= 11 is 0. The number of hydrogen-bond donors (Lipinski definition) is 1. The molecular weight excluding hydrogens is 428 g/mol. The van der Waals surface area contributed by atoms with Crippen molar-refractivity contribution >= 4 is 17.5 Å². The fourth-order valence-corrected chi connectivity index (χ4v) is 5.10. The summed E-state index contributed by atoms with van der Waals surface area (Å²) in [4.78, 5) is 40.1. The molecule has 3 aromatic rings. The van der Waals surface area contributed by atoms with Crippen LogP contribution in [-0.4, -0.2) is 27.6 Å². The van der Waals surface area contributed by atoms with Gasteiger partial charge in [0.1, 0.15) is 5.69 Å². The SMILES string of the molecule is C[C@@H]1Cc2ccccc2N1C(=O)c1ccc(=O)n(CCC(=O)N[C@H]2CCCc3ccccc32)n1. The molecule has 0 saturated heterocycles. The predicted molar refractivity (Wildman–Crippen MR) is 130 cm³/mol. The lowest BCUT2D eigenvalue weighted by molar-refractivity contribution is -0.122. The predicted octanol–water partition coefficient (Wildman–Crippen LogP) is 3.42. The van der Waals surface area contributed by atoms with Crippen molar-refractivity contribution in [3.05, 3.63) is 93.4 Å². The third-order valence-electron chi connectivity index (χ3n) is 6.77. The Balaban J connectivity index is 1.27. The third kappa shape index (κ3) is 4.25. The van der Waals surface area contributed by atoms with Crippen LogP contribution in [0.1, 0.15) is 59.4 Å². The molecular formula is C27H28N4O3. The van der Waals surface area contributed by atoms with Crippen molar-refractivity contribution in [1.82, 2.24) is 15.1 Å². The number of anilines is 1. The molecule has 1 N–H and O–H groups in total. The summed E-state index contributed by atoms with van der Waals surface area (Å²) in [5, 5.41) is 7.42. The minimum Gasteiger partial charge on any atom is -0.349 e. The van der Waals surface area contributed by atoms with Gasteiger partial charge in [-0.2, -0.15) is 5.10 Å². The number of hydrogen-bond acceptors (Lipinski definition) is 4. The van der Waals surface area contributed by atoms with Crippen LogP contribution in [0.5, 0.6) is 0 Å². The first-order chi connectivity index (χ1) is 16.5. The number of para-hydroxylation sites is 1. The number of aryl methyl sites for hydroxylation is 2. The molecule has 0 radical (unpaired) electrons. The summed E-state index contributed by atoms with van der Waals surface area (Å²) in [6.07, 6.45) is 3.87. The van der Waals surface area contributed by atoms with E-state index in [2.05, 4.69) is 22.5 Å². The Morgan fingerprint density at radius 1 is 1.03 bits per heavy atom. The molecule has 7 heteroatoms. The summed E-state index contributed by atoms with van der Waals surface area (Å²) in [6.45, 7) is 2.12. The van der Waals surface area contributed by atoms with Crippen LogP contribution in [0, 0.1) is 0 Å². The fraction of sp³-hybridized carbons (Fsp3) is 0.333. The number of rotatable bonds is 5. The lowest BCUT2D eigenvalue weighted by atomic mass is 9.88. The first-order valence-electron chi connectivity index (χ1n) is 11.9. The highest BCUT2D eigenvalue weighted by Crippen LogP contribution is 2.33. The number of aromatic nitrogens is 2. The van der Waals surface area contributed by atoms with Gasteiger partial charge in [-0.05, 0) is 61.4 Å². The zero-order valence-corrected chi connectivity index (χ0v) is 19.2. The smallest absolute Gasteiger partial charge is 0.278 e. The van der Waals surface area contributed by atoms with Gasteiger partial charge < -0.3 is 10.2 Å². The Kier molecular flexibility index (Phi) is 6.01. The van der Waals surface area contributed by atoms with Gasteiger partial charge in [0.25, 0.3) is 11.5 Å². The molecule has 0 saturated carbocycles. The van der Waals surface area contributed by atoms with Crippen LogP contribution in [0.3, 0.4) is 0 Å². The lowest BCUT2D eigenvalue weighted by Crippen LogP contribution is -2.38. The molecule has 2 aliphatic rings. The Morgan fingerprint density at radius 2 is 1.79 bits per heavy atom. The van der Waals surface area contributed by atoms with E-state index in [1.165, 1.54) is 27.9 Å². The van der Waals surface area contributed by atoms with Crippen LogP contribution in [0.25, 0.3) is 0 Å². The van der Waals surface area contributed by atoms with E-state index in [-0.39, 0.29) is 48.1 Å². The Hall–Kier alpha value is -3.74. The molecule has 2 amide bonds. The zero-order chi connectivity index (χ0) is 23.7. The van der Waals surface area contributed by atoms with Crippen molar-refractivity contribution in [3.8, 4) is 0 Å². The molecule has 2 atom stereocenters. The molecule has 1 aliphatic carbocycles. The van der Waals surface area contributed by atoms with Gasteiger partial charge in [0.15, 0.2) is 0 Å². The van der Waals surface area contributed by atoms with Crippen molar-refractivity contribution in [2.45, 2.75) is 57.7 Å². The molecule has 174 valence electrons. The van der Waals surface area contributed by atoms with E-state index >= 15 is 0 Å². The topological polar surface area (TPSA) is 84.3 Å². The number of amides is 2. The van der Waals surface area contributed by atoms with Crippen LogP contribution >= 0.6 is 0 Å². The molecule has 1 aromatic heterocycles. The second kappa shape index (κ2) is 9.25. The monoisotopic (exact) mass is 456 g/mol. The number of nitrogens with one attached hydrogen (secondary N) is 1. The van der Waals surface area contributed by atoms with Crippen molar-refractivity contribution in [2.24, 2.45) is 0 Å². The largest absolute Gasteiger partial charge is 0.349 e. The lowest BCUT2D eigenvalue weighted by Gasteiger charge is -2.26. The van der Waals surface area contributed by atoms with Gasteiger partial charge in [0, 0.05) is 24.2 Å². The molecule has 2 heterocycles. The molecule has 0 fully saturated rings. The fourth-order valence-electron chi connectivity index (χ4n) is 5.10. The van der Waals surface area contributed by atoms with Crippen LogP contribution in [-0.2, 0) is 24.2 Å². The Morgan fingerprint density at radius 3 is 2.65 bits per heavy atom. The first-order valence-corrected chi connectivity index (χ1v) is 11.9. The van der Waals surface area contributed by atoms with Crippen molar-refractivity contribution in [2.75, 3.05) is 4.90 Å². The molecule has 2 aromatic carbocycles. The molecule has 5 rings (SSSR count). The number of benzene rings is 2. The number of carbonyl (C=O) groups excluding carboxylic acids is 2. The van der Waals surface area contributed by atoms with E-state index < -0.39 is 0 Å². The van der Waals surface area contributed by atoms with Gasteiger partial charge in [-0.3, -0.25) is 14.4 Å². The van der Waals surface area contributed by atoms with E-state index in [0.29, 0.717) is 0 Å². The van der Waals surface area contributed by atoms with Gasteiger partial charge in [0.2, 0.25) is 5.91 Å². The molecule has 0 spiro atoms. The van der Waals surface area contributed by atoms with Gasteiger partial charge in [-0.15, -0.1) is 0 Å². The second-order valence-corrected chi connectivity index (χ2v) is 9.10. The van der Waals surface area contributed by atoms with Gasteiger partial charge in [0.05, 0.1) is 12.6 Å². The summed E-state index contributed by atoms with van der Waals surface area (Å²) in [7, 11) is 0. The van der Waals surface area contributed by atoms with Crippen molar-refractivity contribution < 1.29 is 9.59 Å². The number of nitrogens with zero attached hydrogens (tertiary/aromatic N) is 3. The summed E-state index contributed by atoms with van der Waals surface area (Å²) in [5.74, 6) is -0.372. The molecule has 34 heavy (non-hydrogen) atoms. The number of carbonyl (C=O) groups is 2. The van der Waals surface area contributed by atoms with Crippen LogP contribution in [0.2, 0.25) is 0 Å². The Bertz CT molecular complexity index is 1300. The number of fused-ring (bicyclic) bond motifs is 2. The van der Waals surface area contributed by atoms with E-state index in [1.807, 2.05) is 43.3 Å². The average Bonchev–Trinajstić information content (AvgIpc) is 3.19. The standard InChI is InChI=1S/C27H28N4O3/c1-18-17-20-8-3-5-12-24(20)31(18)27(34)23-13-14-26(33)30(29-23)16-15-25(32)28-22-11-6-9-19-7-2-4-10-21(19)22/h2-5,7-8,10,12-14,18,22H,6,9,11,15-17H2,1H3,(H,28,32)/t18-,22+/m1/s1. The maximum atomic E-state index is 13.3. The minimum absolute atomic E-state index is 0.00762. The minimum atomic E-state index is -0.331. The summed E-state index contributed by atoms with van der Waals surface area (Å²) in [6, 6.07) is 18.9. The van der Waals surface area contributed by atoms with Gasteiger partial charge >= 0.3 is 0 Å². The Labute approximate surface area is 198 Å². The van der Waals surface area contributed by atoms with Crippen molar-refractivity contribution in [1.29, 1.82) is 0 Å². The molecule has 0 unspecified atom stereocenters. The third-order valence-corrected chi connectivity index (χ3v) is 6.77. The van der Waals surface area contributed by atoms with E-state index in [1.54, 1.807) is 4.90 Å². The van der Waals surface area contributed by atoms with E-state index in [4.69, 9.17) is 0 Å². The normalized spacial score (nSPS) is 18.8. The van der Waals surface area contributed by atoms with E-state index in [0.717, 1.165) is 36.9 Å². The molecule has 7 nitrogen and oxygen atoms in total. The quantitative estimate of drug-likeness (QED) is 0.638. The maximum Gasteiger partial charge on any atom is 0.278 e. The molecule has 1 aliphatic heterocycles. The summed E-state index contributed by atoms with van der Waals surface area (Å²) < 4.78 is 1.22. The maximum absolute atomic E-state index is 13.3. The molecule has 0 bridgehead atoms. The van der Waals surface area contributed by atoms with Crippen molar-refractivity contribution in [3.63, 3.8) is 0 Å². The van der Waals surface area contributed by atoms with Crippen LogP contribution in [0.15, 0.2) is 65.5 Å².